The van der Waals surface area contributed by atoms with Gasteiger partial charge in [0.15, 0.2) is 0 Å². The van der Waals surface area contributed by atoms with Gasteiger partial charge in [0.05, 0.1) is 38.6 Å². The van der Waals surface area contributed by atoms with Crippen molar-refractivity contribution in [2.75, 3.05) is 59.7 Å². The van der Waals surface area contributed by atoms with Gasteiger partial charge in [0.2, 0.25) is 0 Å². The largest absolute Gasteiger partial charge is 0.388 e. The van der Waals surface area contributed by atoms with Crippen LogP contribution >= 0.6 is 0 Å². The summed E-state index contributed by atoms with van der Waals surface area (Å²) in [5.74, 6) is 0. The summed E-state index contributed by atoms with van der Waals surface area (Å²) < 4.78 is 15.8. The number of morpholine rings is 1. The van der Waals surface area contributed by atoms with E-state index in [-0.39, 0.29) is 18.2 Å². The molecule has 8 nitrogen and oxygen atoms in total. The van der Waals surface area contributed by atoms with Crippen LogP contribution in [0.2, 0.25) is 0 Å². The maximum Gasteiger partial charge on any atom is 0.315 e. The first-order valence-electron chi connectivity index (χ1n) is 7.34. The Hall–Kier alpha value is -0.930. The minimum absolute atomic E-state index is 0.271. The number of ether oxygens (including phenoxy) is 3. The van der Waals surface area contributed by atoms with Gasteiger partial charge in [-0.05, 0) is 0 Å². The Labute approximate surface area is 124 Å². The standard InChI is InChI=1S/C13H25N3O5/c1-19-5-2-14-13(18)15-10-9-21-11(12(10)17)8-16-3-6-20-7-4-16/h10-12,17H,2-9H2,1H3,(H2,14,15,18)/t10-,11-,12+/m0/s1. The fourth-order valence-corrected chi connectivity index (χ4v) is 2.50. The van der Waals surface area contributed by atoms with E-state index in [0.29, 0.717) is 39.5 Å². The number of methoxy groups -OCH3 is 1. The molecule has 2 aliphatic heterocycles. The number of hydrogen-bond acceptors (Lipinski definition) is 6. The van der Waals surface area contributed by atoms with Crippen molar-refractivity contribution in [1.82, 2.24) is 15.5 Å². The molecule has 0 aromatic rings. The molecule has 2 heterocycles. The van der Waals surface area contributed by atoms with Crippen molar-refractivity contribution in [3.63, 3.8) is 0 Å². The Balaban J connectivity index is 1.70. The number of carbonyl (C=O) groups is 1. The monoisotopic (exact) mass is 303 g/mol. The predicted molar refractivity (Wildman–Crippen MR) is 75.2 cm³/mol. The Morgan fingerprint density at radius 3 is 2.90 bits per heavy atom. The Morgan fingerprint density at radius 2 is 2.19 bits per heavy atom. The second kappa shape index (κ2) is 8.50. The molecule has 8 heteroatoms. The van der Waals surface area contributed by atoms with Crippen molar-refractivity contribution in [2.24, 2.45) is 0 Å². The summed E-state index contributed by atoms with van der Waals surface area (Å²) >= 11 is 0. The van der Waals surface area contributed by atoms with Crippen molar-refractivity contribution < 1.29 is 24.1 Å². The molecule has 3 N–H and O–H groups in total. The smallest absolute Gasteiger partial charge is 0.315 e. The molecular formula is C13H25N3O5. The second-order valence-corrected chi connectivity index (χ2v) is 5.27. The zero-order valence-corrected chi connectivity index (χ0v) is 12.4. The van der Waals surface area contributed by atoms with Crippen LogP contribution in [-0.4, -0.2) is 94.0 Å². The summed E-state index contributed by atoms with van der Waals surface area (Å²) in [5, 5.41) is 15.6. The molecular weight excluding hydrogens is 278 g/mol. The Bertz CT molecular complexity index is 325. The molecule has 0 radical (unpaired) electrons. The summed E-state index contributed by atoms with van der Waals surface area (Å²) in [6, 6.07) is -0.690. The fourth-order valence-electron chi connectivity index (χ4n) is 2.50. The normalized spacial score (nSPS) is 30.3. The van der Waals surface area contributed by atoms with Crippen molar-refractivity contribution in [1.29, 1.82) is 0 Å². The maximum atomic E-state index is 11.6. The van der Waals surface area contributed by atoms with Crippen LogP contribution in [-0.2, 0) is 14.2 Å². The molecule has 0 aliphatic carbocycles. The first-order chi connectivity index (χ1) is 10.2. The summed E-state index contributed by atoms with van der Waals surface area (Å²) in [6.07, 6.45) is -0.964. The van der Waals surface area contributed by atoms with E-state index in [2.05, 4.69) is 15.5 Å². The molecule has 0 aromatic heterocycles. The molecule has 2 aliphatic rings. The van der Waals surface area contributed by atoms with Crippen molar-refractivity contribution >= 4 is 6.03 Å². The lowest BCUT2D eigenvalue weighted by Crippen LogP contribution is -2.50. The van der Waals surface area contributed by atoms with E-state index < -0.39 is 6.10 Å². The van der Waals surface area contributed by atoms with Gasteiger partial charge in [0, 0.05) is 33.3 Å². The number of carbonyl (C=O) groups excluding carboxylic acids is 1. The van der Waals surface area contributed by atoms with E-state index >= 15 is 0 Å². The highest BCUT2D eigenvalue weighted by Gasteiger charge is 2.37. The summed E-state index contributed by atoms with van der Waals surface area (Å²) in [4.78, 5) is 13.9. The van der Waals surface area contributed by atoms with Gasteiger partial charge in [-0.2, -0.15) is 0 Å². The molecule has 0 unspecified atom stereocenters. The number of hydrogen-bond donors (Lipinski definition) is 3. The molecule has 2 amide bonds. The van der Waals surface area contributed by atoms with Crippen molar-refractivity contribution in [3.8, 4) is 0 Å². The number of nitrogens with zero attached hydrogens (tertiary/aromatic N) is 1. The van der Waals surface area contributed by atoms with Crippen LogP contribution in [0, 0.1) is 0 Å². The quantitative estimate of drug-likeness (QED) is 0.512. The van der Waals surface area contributed by atoms with Crippen LogP contribution in [0.25, 0.3) is 0 Å². The minimum Gasteiger partial charge on any atom is -0.388 e. The third-order valence-electron chi connectivity index (χ3n) is 3.73. The highest BCUT2D eigenvalue weighted by Crippen LogP contribution is 2.16. The SMILES string of the molecule is COCCNC(=O)N[C@H]1CO[C@@H](CN2CCOCC2)[C@@H]1O. The highest BCUT2D eigenvalue weighted by molar-refractivity contribution is 5.74. The lowest BCUT2D eigenvalue weighted by atomic mass is 10.1. The third kappa shape index (κ3) is 5.08. The molecule has 3 atom stereocenters. The van der Waals surface area contributed by atoms with Gasteiger partial charge in [0.1, 0.15) is 6.10 Å². The Morgan fingerprint density at radius 1 is 1.43 bits per heavy atom. The fraction of sp³-hybridized carbons (Fsp3) is 0.923. The van der Waals surface area contributed by atoms with Gasteiger partial charge in [-0.1, -0.05) is 0 Å². The van der Waals surface area contributed by atoms with Crippen LogP contribution in [0.4, 0.5) is 4.79 Å². The molecule has 2 saturated heterocycles. The van der Waals surface area contributed by atoms with Crippen LogP contribution in [0.5, 0.6) is 0 Å². The van der Waals surface area contributed by atoms with E-state index in [9.17, 15) is 9.90 Å². The molecule has 122 valence electrons. The summed E-state index contributed by atoms with van der Waals surface area (Å²) in [7, 11) is 1.57. The topological polar surface area (TPSA) is 92.3 Å². The zero-order chi connectivity index (χ0) is 15.1. The van der Waals surface area contributed by atoms with E-state index in [0.717, 1.165) is 13.1 Å². The number of amides is 2. The second-order valence-electron chi connectivity index (χ2n) is 5.27. The van der Waals surface area contributed by atoms with Gasteiger partial charge in [0.25, 0.3) is 0 Å². The van der Waals surface area contributed by atoms with Gasteiger partial charge >= 0.3 is 6.03 Å². The minimum atomic E-state index is -0.693. The molecule has 0 bridgehead atoms. The number of urea groups is 1. The first-order valence-corrected chi connectivity index (χ1v) is 7.34. The van der Waals surface area contributed by atoms with Crippen LogP contribution in [0.15, 0.2) is 0 Å². The van der Waals surface area contributed by atoms with E-state index in [1.165, 1.54) is 0 Å². The average molecular weight is 303 g/mol. The average Bonchev–Trinajstić information content (AvgIpc) is 2.82. The van der Waals surface area contributed by atoms with E-state index in [4.69, 9.17) is 14.2 Å². The predicted octanol–water partition coefficient (Wildman–Crippen LogP) is -1.61. The zero-order valence-electron chi connectivity index (χ0n) is 12.4. The number of aliphatic hydroxyl groups is 1. The van der Waals surface area contributed by atoms with E-state index in [1.54, 1.807) is 7.11 Å². The molecule has 0 aromatic carbocycles. The van der Waals surface area contributed by atoms with Crippen molar-refractivity contribution in [3.05, 3.63) is 0 Å². The van der Waals surface area contributed by atoms with Gasteiger partial charge < -0.3 is 30.0 Å². The van der Waals surface area contributed by atoms with Gasteiger partial charge in [-0.3, -0.25) is 4.90 Å². The number of rotatable bonds is 6. The summed E-state index contributed by atoms with van der Waals surface area (Å²) in [6.45, 7) is 5.00. The first kappa shape index (κ1) is 16.4. The van der Waals surface area contributed by atoms with Gasteiger partial charge in [-0.25, -0.2) is 4.79 Å². The van der Waals surface area contributed by atoms with Crippen LogP contribution in [0.3, 0.4) is 0 Å². The molecule has 0 saturated carbocycles. The molecule has 2 rings (SSSR count). The van der Waals surface area contributed by atoms with Crippen molar-refractivity contribution in [2.45, 2.75) is 18.2 Å². The maximum absolute atomic E-state index is 11.6. The molecule has 21 heavy (non-hydrogen) atoms. The lowest BCUT2D eigenvalue weighted by molar-refractivity contribution is -0.0180. The molecule has 2 fully saturated rings. The van der Waals surface area contributed by atoms with Gasteiger partial charge in [-0.15, -0.1) is 0 Å². The number of nitrogens with one attached hydrogen (secondary N) is 2. The van der Waals surface area contributed by atoms with E-state index in [1.807, 2.05) is 0 Å². The molecule has 0 spiro atoms. The van der Waals surface area contributed by atoms with Crippen LogP contribution < -0.4 is 10.6 Å². The summed E-state index contributed by atoms with van der Waals surface area (Å²) in [5.41, 5.74) is 0. The lowest BCUT2D eigenvalue weighted by Gasteiger charge is -2.29. The third-order valence-corrected chi connectivity index (χ3v) is 3.73. The highest BCUT2D eigenvalue weighted by atomic mass is 16.5. The Kier molecular flexibility index (Phi) is 6.65. The number of aliphatic hydroxyl groups excluding tert-OH is 1. The van der Waals surface area contributed by atoms with Crippen LogP contribution in [0.1, 0.15) is 0 Å².